The first-order valence-electron chi connectivity index (χ1n) is 6.02. The predicted molar refractivity (Wildman–Crippen MR) is 58.7 cm³/mol. The van der Waals surface area contributed by atoms with E-state index in [0.29, 0.717) is 11.8 Å². The van der Waals surface area contributed by atoms with Gasteiger partial charge < -0.3 is 10.4 Å². The van der Waals surface area contributed by atoms with E-state index in [2.05, 4.69) is 19.2 Å². The third kappa shape index (κ3) is 2.17. The second-order valence-corrected chi connectivity index (χ2v) is 5.62. The molecule has 2 aliphatic rings. The molecule has 0 heterocycles. The minimum Gasteiger partial charge on any atom is -0.480 e. The number of aliphatic carboxylic acids is 1. The molecule has 0 amide bonds. The molecule has 0 atom stereocenters. The zero-order valence-electron chi connectivity index (χ0n) is 9.62. The number of nitrogens with one attached hydrogen (secondary N) is 1. The molecule has 0 aliphatic heterocycles. The smallest absolute Gasteiger partial charge is 0.323 e. The van der Waals surface area contributed by atoms with Gasteiger partial charge in [0.2, 0.25) is 0 Å². The van der Waals surface area contributed by atoms with Gasteiger partial charge in [0.25, 0.3) is 0 Å². The van der Waals surface area contributed by atoms with E-state index < -0.39 is 11.5 Å². The number of carbonyl (C=O) groups is 1. The lowest BCUT2D eigenvalue weighted by atomic mass is 9.64. The SMILES string of the molecule is CC(C)C1CC(NCC2CC2)(C(=O)O)C1. The molecule has 3 nitrogen and oxygen atoms in total. The molecular formula is C12H21NO2. The van der Waals surface area contributed by atoms with E-state index in [1.807, 2.05) is 0 Å². The summed E-state index contributed by atoms with van der Waals surface area (Å²) >= 11 is 0. The van der Waals surface area contributed by atoms with Crippen molar-refractivity contribution in [3.63, 3.8) is 0 Å². The predicted octanol–water partition coefficient (Wildman–Crippen LogP) is 1.88. The minimum absolute atomic E-state index is 0.586. The van der Waals surface area contributed by atoms with Gasteiger partial charge in [0.15, 0.2) is 0 Å². The normalized spacial score (nSPS) is 35.3. The van der Waals surface area contributed by atoms with Crippen LogP contribution in [-0.2, 0) is 4.79 Å². The average Bonchev–Trinajstić information content (AvgIpc) is 2.84. The Morgan fingerprint density at radius 2 is 2.07 bits per heavy atom. The molecule has 0 spiro atoms. The van der Waals surface area contributed by atoms with Crippen molar-refractivity contribution >= 4 is 5.97 Å². The zero-order valence-corrected chi connectivity index (χ0v) is 9.62. The Labute approximate surface area is 91.2 Å². The van der Waals surface area contributed by atoms with Crippen LogP contribution in [0, 0.1) is 17.8 Å². The summed E-state index contributed by atoms with van der Waals surface area (Å²) < 4.78 is 0. The van der Waals surface area contributed by atoms with Crippen LogP contribution in [0.3, 0.4) is 0 Å². The Hall–Kier alpha value is -0.570. The number of rotatable bonds is 5. The molecule has 0 aromatic rings. The number of carboxylic acids is 1. The van der Waals surface area contributed by atoms with Gasteiger partial charge in [-0.2, -0.15) is 0 Å². The van der Waals surface area contributed by atoms with Crippen molar-refractivity contribution in [2.75, 3.05) is 6.54 Å². The standard InChI is InChI=1S/C12H21NO2/c1-8(2)10-5-12(6-10,11(14)15)13-7-9-3-4-9/h8-10,13H,3-7H2,1-2H3,(H,14,15). The van der Waals surface area contributed by atoms with Crippen LogP contribution in [0.1, 0.15) is 39.5 Å². The molecule has 0 bridgehead atoms. The van der Waals surface area contributed by atoms with Crippen molar-refractivity contribution < 1.29 is 9.90 Å². The fraction of sp³-hybridized carbons (Fsp3) is 0.917. The first kappa shape index (κ1) is 10.9. The van der Waals surface area contributed by atoms with Gasteiger partial charge in [-0.3, -0.25) is 4.79 Å². The van der Waals surface area contributed by atoms with Gasteiger partial charge in [-0.05, 0) is 50.0 Å². The molecular weight excluding hydrogens is 190 g/mol. The largest absolute Gasteiger partial charge is 0.480 e. The summed E-state index contributed by atoms with van der Waals surface area (Å²) in [6.07, 6.45) is 4.17. The summed E-state index contributed by atoms with van der Waals surface area (Å²) in [6.45, 7) is 5.26. The Morgan fingerprint density at radius 3 is 2.47 bits per heavy atom. The maximum absolute atomic E-state index is 11.2. The Bertz CT molecular complexity index is 247. The van der Waals surface area contributed by atoms with Crippen LogP contribution in [0.5, 0.6) is 0 Å². The topological polar surface area (TPSA) is 49.3 Å². The molecule has 2 fully saturated rings. The van der Waals surface area contributed by atoms with Crippen molar-refractivity contribution in [2.24, 2.45) is 17.8 Å². The summed E-state index contributed by atoms with van der Waals surface area (Å²) in [5, 5.41) is 12.5. The number of carboxylic acid groups (broad SMARTS) is 1. The lowest BCUT2D eigenvalue weighted by Crippen LogP contribution is -2.62. The molecule has 86 valence electrons. The second kappa shape index (κ2) is 3.78. The van der Waals surface area contributed by atoms with Crippen LogP contribution >= 0.6 is 0 Å². The Kier molecular flexibility index (Phi) is 2.75. The summed E-state index contributed by atoms with van der Waals surface area (Å²) in [6, 6.07) is 0. The molecule has 0 unspecified atom stereocenters. The van der Waals surface area contributed by atoms with Crippen LogP contribution in [0.15, 0.2) is 0 Å². The molecule has 2 aliphatic carbocycles. The van der Waals surface area contributed by atoms with E-state index >= 15 is 0 Å². The van der Waals surface area contributed by atoms with Crippen molar-refractivity contribution in [3.8, 4) is 0 Å². The molecule has 0 aromatic carbocycles. The summed E-state index contributed by atoms with van der Waals surface area (Å²) in [5.74, 6) is 1.30. The van der Waals surface area contributed by atoms with Crippen molar-refractivity contribution in [2.45, 2.75) is 45.1 Å². The highest BCUT2D eigenvalue weighted by atomic mass is 16.4. The van der Waals surface area contributed by atoms with Crippen LogP contribution < -0.4 is 5.32 Å². The second-order valence-electron chi connectivity index (χ2n) is 5.62. The number of hydrogen-bond acceptors (Lipinski definition) is 2. The average molecular weight is 211 g/mol. The summed E-state index contributed by atoms with van der Waals surface area (Å²) in [4.78, 5) is 11.2. The zero-order chi connectivity index (χ0) is 11.1. The van der Waals surface area contributed by atoms with Crippen LogP contribution in [0.4, 0.5) is 0 Å². The fourth-order valence-electron chi connectivity index (χ4n) is 2.36. The summed E-state index contributed by atoms with van der Waals surface area (Å²) in [7, 11) is 0. The highest BCUT2D eigenvalue weighted by Crippen LogP contribution is 2.43. The van der Waals surface area contributed by atoms with Gasteiger partial charge in [0, 0.05) is 0 Å². The van der Waals surface area contributed by atoms with E-state index in [1.165, 1.54) is 12.8 Å². The van der Waals surface area contributed by atoms with Gasteiger partial charge in [-0.25, -0.2) is 0 Å². The first-order chi connectivity index (χ1) is 7.03. The highest BCUT2D eigenvalue weighted by Gasteiger charge is 2.51. The van der Waals surface area contributed by atoms with Gasteiger partial charge >= 0.3 is 5.97 Å². The van der Waals surface area contributed by atoms with E-state index in [0.717, 1.165) is 25.3 Å². The lowest BCUT2D eigenvalue weighted by Gasteiger charge is -2.47. The molecule has 0 radical (unpaired) electrons. The van der Waals surface area contributed by atoms with Gasteiger partial charge in [0.05, 0.1) is 0 Å². The monoisotopic (exact) mass is 211 g/mol. The van der Waals surface area contributed by atoms with E-state index in [1.54, 1.807) is 0 Å². The van der Waals surface area contributed by atoms with Crippen LogP contribution in [-0.4, -0.2) is 23.2 Å². The molecule has 3 heteroatoms. The molecule has 2 saturated carbocycles. The Morgan fingerprint density at radius 1 is 1.47 bits per heavy atom. The maximum atomic E-state index is 11.2. The van der Waals surface area contributed by atoms with E-state index in [4.69, 9.17) is 0 Å². The van der Waals surface area contributed by atoms with Crippen molar-refractivity contribution in [3.05, 3.63) is 0 Å². The molecule has 0 saturated heterocycles. The molecule has 0 aromatic heterocycles. The molecule has 2 N–H and O–H groups in total. The van der Waals surface area contributed by atoms with Gasteiger partial charge in [0.1, 0.15) is 5.54 Å². The van der Waals surface area contributed by atoms with Crippen LogP contribution in [0.25, 0.3) is 0 Å². The third-order valence-electron chi connectivity index (χ3n) is 4.00. The molecule has 2 rings (SSSR count). The highest BCUT2D eigenvalue weighted by molar-refractivity contribution is 5.80. The van der Waals surface area contributed by atoms with Crippen LogP contribution in [0.2, 0.25) is 0 Å². The van der Waals surface area contributed by atoms with E-state index in [9.17, 15) is 9.90 Å². The Balaban J connectivity index is 1.86. The fourth-order valence-corrected chi connectivity index (χ4v) is 2.36. The quantitative estimate of drug-likeness (QED) is 0.730. The molecule has 15 heavy (non-hydrogen) atoms. The van der Waals surface area contributed by atoms with Gasteiger partial charge in [-0.15, -0.1) is 0 Å². The summed E-state index contributed by atoms with van der Waals surface area (Å²) in [5.41, 5.74) is -0.586. The minimum atomic E-state index is -0.653. The lowest BCUT2D eigenvalue weighted by molar-refractivity contribution is -0.152. The van der Waals surface area contributed by atoms with Crippen molar-refractivity contribution in [1.82, 2.24) is 5.32 Å². The van der Waals surface area contributed by atoms with E-state index in [-0.39, 0.29) is 0 Å². The third-order valence-corrected chi connectivity index (χ3v) is 4.00. The number of hydrogen-bond donors (Lipinski definition) is 2. The van der Waals surface area contributed by atoms with Gasteiger partial charge in [-0.1, -0.05) is 13.8 Å². The first-order valence-corrected chi connectivity index (χ1v) is 6.02. The maximum Gasteiger partial charge on any atom is 0.323 e. The van der Waals surface area contributed by atoms with Crippen molar-refractivity contribution in [1.29, 1.82) is 0 Å².